The van der Waals surface area contributed by atoms with Crippen LogP contribution in [0.5, 0.6) is 34.5 Å². The van der Waals surface area contributed by atoms with Gasteiger partial charge in [-0.1, -0.05) is 25.1 Å². The van der Waals surface area contributed by atoms with Crippen molar-refractivity contribution in [1.82, 2.24) is 0 Å². The largest absolute Gasteiger partial charge is 0.504 e. The van der Waals surface area contributed by atoms with Crippen molar-refractivity contribution < 1.29 is 43.4 Å². The summed E-state index contributed by atoms with van der Waals surface area (Å²) in [5.41, 5.74) is 0.822. The van der Waals surface area contributed by atoms with E-state index in [0.717, 1.165) is 0 Å². The molecule has 0 heterocycles. The molecule has 0 saturated heterocycles. The van der Waals surface area contributed by atoms with Crippen LogP contribution in [0.4, 0.5) is 0 Å². The van der Waals surface area contributed by atoms with E-state index in [2.05, 4.69) is 0 Å². The summed E-state index contributed by atoms with van der Waals surface area (Å²) in [6, 6.07) is 11.8. The van der Waals surface area contributed by atoms with E-state index >= 15 is 0 Å². The van der Waals surface area contributed by atoms with Gasteiger partial charge in [-0.05, 0) is 49.1 Å². The van der Waals surface area contributed by atoms with Gasteiger partial charge in [0.1, 0.15) is 5.60 Å². The average molecular weight is 539 g/mol. The molecule has 3 aromatic carbocycles. The maximum atomic E-state index is 13.4. The van der Waals surface area contributed by atoms with Crippen molar-refractivity contribution in [3.05, 3.63) is 59.2 Å². The summed E-state index contributed by atoms with van der Waals surface area (Å²) in [7, 11) is 7.34. The van der Waals surface area contributed by atoms with Gasteiger partial charge in [-0.15, -0.1) is 0 Å². The van der Waals surface area contributed by atoms with Gasteiger partial charge in [0.05, 0.1) is 41.1 Å². The number of aromatic hydroxyl groups is 1. The van der Waals surface area contributed by atoms with Crippen LogP contribution in [0.25, 0.3) is 11.1 Å². The van der Waals surface area contributed by atoms with E-state index in [1.54, 1.807) is 49.4 Å². The Balaban J connectivity index is 2.14. The number of phenols is 1. The Morgan fingerprint density at radius 3 is 2.00 bits per heavy atom. The molecule has 0 saturated carbocycles. The monoisotopic (exact) mass is 538 g/mol. The summed E-state index contributed by atoms with van der Waals surface area (Å²) in [5, 5.41) is 22.8. The highest BCUT2D eigenvalue weighted by molar-refractivity contribution is 5.91. The van der Waals surface area contributed by atoms with Crippen LogP contribution < -0.4 is 23.7 Å². The van der Waals surface area contributed by atoms with E-state index < -0.39 is 23.6 Å². The Hall–Kier alpha value is -4.11. The number of hydrogen-bond acceptors (Lipinski definition) is 9. The third-order valence-electron chi connectivity index (χ3n) is 7.39. The van der Waals surface area contributed by atoms with Crippen LogP contribution >= 0.6 is 0 Å². The van der Waals surface area contributed by atoms with Crippen molar-refractivity contribution in [3.8, 4) is 45.6 Å². The number of ether oxygens (including phenoxy) is 6. The summed E-state index contributed by atoms with van der Waals surface area (Å²) >= 11 is 0. The molecule has 0 aromatic heterocycles. The molecular formula is C30H34O9. The first-order valence-electron chi connectivity index (χ1n) is 12.4. The highest BCUT2D eigenvalue weighted by atomic mass is 16.6. The van der Waals surface area contributed by atoms with E-state index in [0.29, 0.717) is 45.7 Å². The van der Waals surface area contributed by atoms with Crippen LogP contribution in [-0.4, -0.2) is 57.3 Å². The fourth-order valence-corrected chi connectivity index (χ4v) is 5.19. The van der Waals surface area contributed by atoms with Gasteiger partial charge in [0.15, 0.2) is 29.1 Å². The number of rotatable bonds is 7. The molecule has 3 atom stereocenters. The first-order chi connectivity index (χ1) is 18.6. The van der Waals surface area contributed by atoms with Gasteiger partial charge in [-0.3, -0.25) is 0 Å². The fourth-order valence-electron chi connectivity index (χ4n) is 5.19. The van der Waals surface area contributed by atoms with Crippen LogP contribution in [0, 0.1) is 5.92 Å². The second-order valence-corrected chi connectivity index (χ2v) is 9.59. The Morgan fingerprint density at radius 2 is 1.44 bits per heavy atom. The summed E-state index contributed by atoms with van der Waals surface area (Å²) in [6.07, 6.45) is -0.867. The first kappa shape index (κ1) is 27.9. The third kappa shape index (κ3) is 4.67. The van der Waals surface area contributed by atoms with Gasteiger partial charge >= 0.3 is 5.97 Å². The van der Waals surface area contributed by atoms with Gasteiger partial charge in [0.25, 0.3) is 0 Å². The minimum Gasteiger partial charge on any atom is -0.504 e. The molecule has 39 heavy (non-hydrogen) atoms. The van der Waals surface area contributed by atoms with Crippen LogP contribution in [-0.2, 0) is 11.2 Å². The topological polar surface area (TPSA) is 113 Å². The van der Waals surface area contributed by atoms with Gasteiger partial charge in [0, 0.05) is 16.7 Å². The quantitative estimate of drug-likeness (QED) is 0.404. The standard InChI is InChI=1S/C30H34O9/c1-16-13-18-14-20(31)24(35-4)26(37-6)22(18)23-19(15-21(34-3)25(36-5)27(23)38-7)28(30(16,2)33)39-29(32)17-11-9-8-10-12-17/h8-12,14-16,28,31,33H,13H2,1-7H3/t16-,28-,30-/m1/s1. The zero-order chi connectivity index (χ0) is 28.5. The molecule has 0 unspecified atom stereocenters. The summed E-state index contributed by atoms with van der Waals surface area (Å²) in [6.45, 7) is 3.48. The SMILES string of the molecule is COc1cc2c(c(OC)c1OC)-c1c(cc(O)c(OC)c1OC)C[C@@H](C)[C@@](C)(O)[C@@H]2OC(=O)c1ccccc1. The van der Waals surface area contributed by atoms with E-state index in [1.807, 2.05) is 6.92 Å². The van der Waals surface area contributed by atoms with Crippen molar-refractivity contribution >= 4 is 5.97 Å². The molecular weight excluding hydrogens is 504 g/mol. The Bertz CT molecular complexity index is 1370. The number of carbonyl (C=O) groups excluding carboxylic acids is 1. The van der Waals surface area contributed by atoms with Crippen LogP contribution in [0.3, 0.4) is 0 Å². The number of esters is 1. The number of fused-ring (bicyclic) bond motifs is 3. The van der Waals surface area contributed by atoms with Crippen LogP contribution in [0.1, 0.15) is 41.4 Å². The average Bonchev–Trinajstić information content (AvgIpc) is 2.94. The second-order valence-electron chi connectivity index (χ2n) is 9.59. The Morgan fingerprint density at radius 1 is 0.846 bits per heavy atom. The van der Waals surface area contributed by atoms with Crippen molar-refractivity contribution in [2.24, 2.45) is 5.92 Å². The van der Waals surface area contributed by atoms with Crippen molar-refractivity contribution in [2.45, 2.75) is 32.0 Å². The van der Waals surface area contributed by atoms with Crippen molar-refractivity contribution in [1.29, 1.82) is 0 Å². The maximum Gasteiger partial charge on any atom is 0.338 e. The summed E-state index contributed by atoms with van der Waals surface area (Å²) < 4.78 is 34.6. The Labute approximate surface area is 227 Å². The summed E-state index contributed by atoms with van der Waals surface area (Å²) in [4.78, 5) is 13.4. The van der Waals surface area contributed by atoms with Crippen LogP contribution in [0.2, 0.25) is 0 Å². The molecule has 1 aliphatic carbocycles. The highest BCUT2D eigenvalue weighted by Gasteiger charge is 2.46. The Kier molecular flexibility index (Phi) is 7.83. The second kappa shape index (κ2) is 10.9. The predicted octanol–water partition coefficient (Wildman–Crippen LogP) is 4.94. The zero-order valence-corrected chi connectivity index (χ0v) is 23.2. The molecule has 4 rings (SSSR count). The van der Waals surface area contributed by atoms with E-state index in [9.17, 15) is 15.0 Å². The lowest BCUT2D eigenvalue weighted by Crippen LogP contribution is -2.43. The molecule has 0 aliphatic heterocycles. The van der Waals surface area contributed by atoms with Crippen molar-refractivity contribution in [2.75, 3.05) is 35.5 Å². The van der Waals surface area contributed by atoms with Gasteiger partial charge in [0.2, 0.25) is 11.5 Å². The first-order valence-corrected chi connectivity index (χ1v) is 12.4. The van der Waals surface area contributed by atoms with E-state index in [1.165, 1.54) is 35.5 Å². The molecule has 3 aromatic rings. The smallest absolute Gasteiger partial charge is 0.338 e. The molecule has 9 nitrogen and oxygen atoms in total. The van der Waals surface area contributed by atoms with Crippen LogP contribution in [0.15, 0.2) is 42.5 Å². The number of benzene rings is 3. The molecule has 1 aliphatic rings. The number of aliphatic hydroxyl groups is 1. The van der Waals surface area contributed by atoms with Crippen molar-refractivity contribution in [3.63, 3.8) is 0 Å². The highest BCUT2D eigenvalue weighted by Crippen LogP contribution is 2.58. The number of methoxy groups -OCH3 is 5. The lowest BCUT2D eigenvalue weighted by atomic mass is 9.73. The molecule has 0 fully saturated rings. The predicted molar refractivity (Wildman–Crippen MR) is 144 cm³/mol. The zero-order valence-electron chi connectivity index (χ0n) is 23.2. The van der Waals surface area contributed by atoms with Gasteiger partial charge in [-0.25, -0.2) is 4.79 Å². The number of phenolic OH excluding ortho intramolecular Hbond substituents is 1. The third-order valence-corrected chi connectivity index (χ3v) is 7.39. The minimum absolute atomic E-state index is 0.117. The maximum absolute atomic E-state index is 13.4. The fraction of sp³-hybridized carbons (Fsp3) is 0.367. The lowest BCUT2D eigenvalue weighted by Gasteiger charge is -2.41. The molecule has 0 spiro atoms. The number of carbonyl (C=O) groups is 1. The molecule has 208 valence electrons. The van der Waals surface area contributed by atoms with Gasteiger partial charge < -0.3 is 38.6 Å². The lowest BCUT2D eigenvalue weighted by molar-refractivity contribution is -0.107. The molecule has 0 radical (unpaired) electrons. The van der Waals surface area contributed by atoms with Gasteiger partial charge in [-0.2, -0.15) is 0 Å². The molecule has 9 heteroatoms. The normalized spacial score (nSPS) is 20.0. The molecule has 0 amide bonds. The van der Waals surface area contributed by atoms with E-state index in [4.69, 9.17) is 28.4 Å². The summed E-state index contributed by atoms with van der Waals surface area (Å²) in [5.74, 6) is 0.0690. The molecule has 0 bridgehead atoms. The van der Waals surface area contributed by atoms with E-state index in [-0.39, 0.29) is 23.0 Å². The molecule has 2 N–H and O–H groups in total. The number of hydrogen-bond donors (Lipinski definition) is 2. The minimum atomic E-state index is -1.57.